The van der Waals surface area contributed by atoms with Gasteiger partial charge in [-0.2, -0.15) is 0 Å². The van der Waals surface area contributed by atoms with Gasteiger partial charge in [0.25, 0.3) is 0 Å². The van der Waals surface area contributed by atoms with E-state index in [0.717, 1.165) is 24.4 Å². The van der Waals surface area contributed by atoms with Crippen molar-refractivity contribution < 1.29 is 4.74 Å². The molecule has 4 heteroatoms. The van der Waals surface area contributed by atoms with Gasteiger partial charge in [-0.3, -0.25) is 0 Å². The molecule has 0 saturated carbocycles. The molecule has 2 aromatic rings. The summed E-state index contributed by atoms with van der Waals surface area (Å²) < 4.78 is 7.96. The van der Waals surface area contributed by atoms with E-state index < -0.39 is 0 Å². The zero-order chi connectivity index (χ0) is 12.5. The first-order valence-corrected chi connectivity index (χ1v) is 6.34. The van der Waals surface area contributed by atoms with Crippen molar-refractivity contribution >= 4 is 17.2 Å². The largest absolute Gasteiger partial charge is 0.488 e. The van der Waals surface area contributed by atoms with Gasteiger partial charge in [0.2, 0.25) is 0 Å². The normalized spacial score (nSPS) is 17.2. The lowest BCUT2D eigenvalue weighted by molar-refractivity contribution is 0.209. The summed E-state index contributed by atoms with van der Waals surface area (Å²) in [6.07, 6.45) is 3.08. The van der Waals surface area contributed by atoms with E-state index in [-0.39, 0.29) is 6.10 Å². The lowest BCUT2D eigenvalue weighted by atomic mass is 10.1. The Hall–Kier alpha value is -1.81. The van der Waals surface area contributed by atoms with E-state index in [1.807, 2.05) is 36.5 Å². The summed E-state index contributed by atoms with van der Waals surface area (Å²) in [5.41, 5.74) is 7.85. The van der Waals surface area contributed by atoms with Gasteiger partial charge in [-0.1, -0.05) is 30.4 Å². The Kier molecular flexibility index (Phi) is 2.80. The van der Waals surface area contributed by atoms with Crippen LogP contribution in [-0.2, 0) is 13.0 Å². The molecule has 1 aromatic heterocycles. The van der Waals surface area contributed by atoms with Gasteiger partial charge in [0.05, 0.1) is 12.2 Å². The highest BCUT2D eigenvalue weighted by Crippen LogP contribution is 2.28. The monoisotopic (exact) mass is 258 g/mol. The fraction of sp³-hybridized carbons (Fsp3) is 0.214. The molecule has 92 valence electrons. The molecular formula is C14H14N2OS. The molecule has 2 heterocycles. The number of rotatable bonds is 3. The van der Waals surface area contributed by atoms with E-state index in [4.69, 9.17) is 22.7 Å². The Labute approximate surface area is 111 Å². The topological polar surface area (TPSA) is 40.2 Å². The average molecular weight is 258 g/mol. The number of aromatic nitrogens is 1. The maximum absolute atomic E-state index is 5.91. The number of fused-ring (bicyclic) bond motifs is 1. The van der Waals surface area contributed by atoms with Crippen LogP contribution in [0.2, 0.25) is 0 Å². The quantitative estimate of drug-likeness (QED) is 0.857. The minimum Gasteiger partial charge on any atom is -0.488 e. The van der Waals surface area contributed by atoms with Crippen molar-refractivity contribution in [1.29, 1.82) is 0 Å². The summed E-state index contributed by atoms with van der Waals surface area (Å²) in [5.74, 6) is 0.992. The van der Waals surface area contributed by atoms with E-state index in [1.54, 1.807) is 0 Å². The highest BCUT2D eigenvalue weighted by atomic mass is 32.1. The van der Waals surface area contributed by atoms with Crippen LogP contribution in [0.25, 0.3) is 0 Å². The Morgan fingerprint density at radius 2 is 2.17 bits per heavy atom. The maximum atomic E-state index is 5.91. The lowest BCUT2D eigenvalue weighted by Gasteiger charge is -2.14. The molecule has 3 rings (SSSR count). The molecule has 2 N–H and O–H groups in total. The lowest BCUT2D eigenvalue weighted by Crippen LogP contribution is -2.24. The van der Waals surface area contributed by atoms with Crippen LogP contribution in [-0.4, -0.2) is 15.7 Å². The van der Waals surface area contributed by atoms with Gasteiger partial charge in [-0.15, -0.1) is 0 Å². The summed E-state index contributed by atoms with van der Waals surface area (Å²) in [5, 5.41) is 0. The first-order valence-electron chi connectivity index (χ1n) is 5.93. The van der Waals surface area contributed by atoms with Crippen LogP contribution < -0.4 is 10.5 Å². The first kappa shape index (κ1) is 11.3. The highest BCUT2D eigenvalue weighted by Gasteiger charge is 2.23. The van der Waals surface area contributed by atoms with Crippen LogP contribution in [0.3, 0.4) is 0 Å². The standard InChI is InChI=1S/C14H14N2OS/c15-14(18)12-5-3-7-16(12)9-11-8-10-4-1-2-6-13(10)17-11/h1-7,11H,8-9H2,(H2,15,18). The second kappa shape index (κ2) is 4.46. The van der Waals surface area contributed by atoms with E-state index in [9.17, 15) is 0 Å². The van der Waals surface area contributed by atoms with E-state index in [0.29, 0.717) is 4.99 Å². The van der Waals surface area contributed by atoms with Crippen molar-refractivity contribution in [3.8, 4) is 5.75 Å². The third-order valence-electron chi connectivity index (χ3n) is 3.20. The molecule has 0 radical (unpaired) electrons. The molecule has 1 unspecified atom stereocenters. The second-order valence-corrected chi connectivity index (χ2v) is 4.90. The Morgan fingerprint density at radius 1 is 1.33 bits per heavy atom. The van der Waals surface area contributed by atoms with Crippen molar-refractivity contribution in [2.45, 2.75) is 19.1 Å². The molecule has 0 spiro atoms. The summed E-state index contributed by atoms with van der Waals surface area (Å²) >= 11 is 5.03. The van der Waals surface area contributed by atoms with Crippen LogP contribution in [0.5, 0.6) is 5.75 Å². The first-order chi connectivity index (χ1) is 8.74. The maximum Gasteiger partial charge on any atom is 0.123 e. The minimum atomic E-state index is 0.155. The minimum absolute atomic E-state index is 0.155. The third kappa shape index (κ3) is 1.99. The molecule has 0 saturated heterocycles. The number of thiocarbonyl (C=S) groups is 1. The molecule has 3 nitrogen and oxygen atoms in total. The number of benzene rings is 1. The van der Waals surface area contributed by atoms with Crippen LogP contribution in [0, 0.1) is 0 Å². The number of nitrogens with zero attached hydrogens (tertiary/aromatic N) is 1. The molecule has 18 heavy (non-hydrogen) atoms. The fourth-order valence-corrected chi connectivity index (χ4v) is 2.56. The smallest absolute Gasteiger partial charge is 0.123 e. The highest BCUT2D eigenvalue weighted by molar-refractivity contribution is 7.80. The van der Waals surface area contributed by atoms with Gasteiger partial charge in [0.15, 0.2) is 0 Å². The Bertz CT molecular complexity index is 566. The molecule has 1 aliphatic rings. The zero-order valence-electron chi connectivity index (χ0n) is 9.87. The van der Waals surface area contributed by atoms with Crippen LogP contribution >= 0.6 is 12.2 Å². The van der Waals surface area contributed by atoms with Crippen LogP contribution in [0.4, 0.5) is 0 Å². The van der Waals surface area contributed by atoms with Crippen molar-refractivity contribution in [3.05, 3.63) is 53.9 Å². The molecular weight excluding hydrogens is 244 g/mol. The van der Waals surface area contributed by atoms with E-state index >= 15 is 0 Å². The number of ether oxygens (including phenoxy) is 1. The average Bonchev–Trinajstić information content (AvgIpc) is 2.94. The molecule has 1 aromatic carbocycles. The molecule has 0 fully saturated rings. The zero-order valence-corrected chi connectivity index (χ0v) is 10.7. The Balaban J connectivity index is 1.76. The van der Waals surface area contributed by atoms with Gasteiger partial charge in [-0.05, 0) is 23.8 Å². The molecule has 1 atom stereocenters. The summed E-state index contributed by atoms with van der Waals surface area (Å²) in [7, 11) is 0. The Morgan fingerprint density at radius 3 is 2.94 bits per heavy atom. The number of para-hydroxylation sites is 1. The number of hydrogen-bond acceptors (Lipinski definition) is 2. The van der Waals surface area contributed by atoms with Crippen LogP contribution in [0.15, 0.2) is 42.6 Å². The second-order valence-electron chi connectivity index (χ2n) is 4.46. The predicted octanol–water partition coefficient (Wildman–Crippen LogP) is 2.13. The van der Waals surface area contributed by atoms with Crippen molar-refractivity contribution in [2.75, 3.05) is 0 Å². The number of hydrogen-bond donors (Lipinski definition) is 1. The van der Waals surface area contributed by atoms with Gasteiger partial charge in [-0.25, -0.2) is 0 Å². The molecule has 0 bridgehead atoms. The third-order valence-corrected chi connectivity index (χ3v) is 3.41. The fourth-order valence-electron chi connectivity index (χ4n) is 2.37. The van der Waals surface area contributed by atoms with E-state index in [2.05, 4.69) is 10.6 Å². The van der Waals surface area contributed by atoms with Crippen molar-refractivity contribution in [2.24, 2.45) is 5.73 Å². The van der Waals surface area contributed by atoms with Crippen molar-refractivity contribution in [1.82, 2.24) is 4.57 Å². The van der Waals surface area contributed by atoms with Gasteiger partial charge in [0.1, 0.15) is 16.8 Å². The van der Waals surface area contributed by atoms with Gasteiger partial charge < -0.3 is 15.0 Å². The van der Waals surface area contributed by atoms with Crippen LogP contribution in [0.1, 0.15) is 11.3 Å². The van der Waals surface area contributed by atoms with Crippen molar-refractivity contribution in [3.63, 3.8) is 0 Å². The summed E-state index contributed by atoms with van der Waals surface area (Å²) in [6.45, 7) is 0.772. The summed E-state index contributed by atoms with van der Waals surface area (Å²) in [6, 6.07) is 12.1. The predicted molar refractivity (Wildman–Crippen MR) is 74.9 cm³/mol. The molecule has 1 aliphatic heterocycles. The van der Waals surface area contributed by atoms with Gasteiger partial charge in [0, 0.05) is 12.6 Å². The molecule has 0 amide bonds. The summed E-state index contributed by atoms with van der Waals surface area (Å²) in [4.78, 5) is 0.426. The van der Waals surface area contributed by atoms with E-state index in [1.165, 1.54) is 5.56 Å². The SMILES string of the molecule is NC(=S)c1cccn1CC1Cc2ccccc2O1. The van der Waals surface area contributed by atoms with Gasteiger partial charge >= 0.3 is 0 Å². The number of nitrogens with two attached hydrogens (primary N) is 1. The molecule has 0 aliphatic carbocycles.